The van der Waals surface area contributed by atoms with Crippen molar-refractivity contribution in [1.82, 2.24) is 0 Å². The van der Waals surface area contributed by atoms with E-state index in [0.29, 0.717) is 33.8 Å². The predicted octanol–water partition coefficient (Wildman–Crippen LogP) is 3.49. The van der Waals surface area contributed by atoms with Crippen LogP contribution in [0.1, 0.15) is 50.9 Å². The van der Waals surface area contributed by atoms with Gasteiger partial charge in [0.25, 0.3) is 0 Å². The minimum Gasteiger partial charge on any atom is -0.462 e. The van der Waals surface area contributed by atoms with Gasteiger partial charge in [-0.05, 0) is 30.9 Å². The van der Waals surface area contributed by atoms with Gasteiger partial charge in [0.05, 0.1) is 35.0 Å². The number of hydrogen-bond donors (Lipinski definition) is 1. The molecule has 2 aromatic rings. The number of thiophene rings is 1. The fourth-order valence-electron chi connectivity index (χ4n) is 3.44. The smallest absolute Gasteiger partial charge is 0.341 e. The van der Waals surface area contributed by atoms with Crippen LogP contribution in [0.4, 0.5) is 5.00 Å². The van der Waals surface area contributed by atoms with Gasteiger partial charge >= 0.3 is 5.97 Å². The molecule has 6 heteroatoms. The number of rotatable bonds is 4. The summed E-state index contributed by atoms with van der Waals surface area (Å²) in [6, 6.07) is 11.5. The summed E-state index contributed by atoms with van der Waals surface area (Å²) in [4.78, 5) is 26.0. The number of nitriles is 1. The SMILES string of the molecule is CCOC(=O)c1c(N)sc2c1CCC(CC#N)(c1ccccc1)C2=O. The maximum Gasteiger partial charge on any atom is 0.341 e. The van der Waals surface area contributed by atoms with Crippen LogP contribution >= 0.6 is 11.3 Å². The molecular formula is C19H18N2O3S. The van der Waals surface area contributed by atoms with E-state index in [2.05, 4.69) is 6.07 Å². The number of carbonyl (C=O) groups excluding carboxylic acids is 2. The van der Waals surface area contributed by atoms with Crippen LogP contribution in [-0.4, -0.2) is 18.4 Å². The molecule has 3 rings (SSSR count). The number of ketones is 1. The molecule has 1 aromatic heterocycles. The number of Topliss-reactive ketones (excluding diaryl/α,β-unsaturated/α-hetero) is 1. The van der Waals surface area contributed by atoms with Gasteiger partial charge in [0, 0.05) is 0 Å². The quantitative estimate of drug-likeness (QED) is 0.848. The topological polar surface area (TPSA) is 93.2 Å². The lowest BCUT2D eigenvalue weighted by Crippen LogP contribution is -2.39. The van der Waals surface area contributed by atoms with Gasteiger partial charge in [0.1, 0.15) is 5.00 Å². The number of benzene rings is 1. The lowest BCUT2D eigenvalue weighted by atomic mass is 9.66. The average Bonchev–Trinajstić information content (AvgIpc) is 2.95. The van der Waals surface area contributed by atoms with E-state index in [1.165, 1.54) is 0 Å². The van der Waals surface area contributed by atoms with Gasteiger partial charge < -0.3 is 10.5 Å². The van der Waals surface area contributed by atoms with Gasteiger partial charge in [-0.3, -0.25) is 4.79 Å². The molecule has 1 aromatic carbocycles. The summed E-state index contributed by atoms with van der Waals surface area (Å²) in [5, 5.41) is 9.63. The summed E-state index contributed by atoms with van der Waals surface area (Å²) in [7, 11) is 0. The zero-order valence-corrected chi connectivity index (χ0v) is 14.7. The molecule has 0 fully saturated rings. The zero-order valence-electron chi connectivity index (χ0n) is 13.9. The van der Waals surface area contributed by atoms with E-state index in [9.17, 15) is 14.9 Å². The van der Waals surface area contributed by atoms with Gasteiger partial charge in [-0.15, -0.1) is 11.3 Å². The van der Waals surface area contributed by atoms with Crippen molar-refractivity contribution in [2.24, 2.45) is 0 Å². The Hall–Kier alpha value is -2.65. The first-order chi connectivity index (χ1) is 12.0. The number of hydrogen-bond acceptors (Lipinski definition) is 6. The van der Waals surface area contributed by atoms with E-state index in [4.69, 9.17) is 10.5 Å². The highest BCUT2D eigenvalue weighted by Crippen LogP contribution is 2.46. The molecule has 25 heavy (non-hydrogen) atoms. The molecule has 0 bridgehead atoms. The number of ether oxygens (including phenoxy) is 1. The second-order valence-electron chi connectivity index (χ2n) is 5.98. The standard InChI is InChI=1S/C19H18N2O3S/c1-2-24-18(23)14-13-8-9-19(10-11-20,12-6-4-3-5-7-12)16(22)15(13)25-17(14)21/h3-7H,2,8-10,21H2,1H3. The highest BCUT2D eigenvalue weighted by molar-refractivity contribution is 7.18. The monoisotopic (exact) mass is 354 g/mol. The Labute approximate surface area is 150 Å². The Morgan fingerprint density at radius 1 is 1.40 bits per heavy atom. The highest BCUT2D eigenvalue weighted by Gasteiger charge is 2.46. The molecular weight excluding hydrogens is 336 g/mol. The van der Waals surface area contributed by atoms with Crippen molar-refractivity contribution in [2.75, 3.05) is 12.3 Å². The minimum atomic E-state index is -0.883. The molecule has 0 saturated carbocycles. The van der Waals surface area contributed by atoms with E-state index in [0.717, 1.165) is 16.9 Å². The number of fused-ring (bicyclic) bond motifs is 1. The summed E-state index contributed by atoms with van der Waals surface area (Å²) in [6.45, 7) is 1.98. The fourth-order valence-corrected chi connectivity index (χ4v) is 4.59. The molecule has 0 radical (unpaired) electrons. The van der Waals surface area contributed by atoms with Crippen molar-refractivity contribution in [3.05, 3.63) is 51.9 Å². The Balaban J connectivity index is 2.11. The van der Waals surface area contributed by atoms with Gasteiger partial charge in [0.2, 0.25) is 0 Å². The molecule has 1 unspecified atom stereocenters. The molecule has 1 aliphatic rings. The van der Waals surface area contributed by atoms with Crippen LogP contribution in [0.15, 0.2) is 30.3 Å². The summed E-state index contributed by atoms with van der Waals surface area (Å²) in [5.74, 6) is -0.619. The molecule has 5 nitrogen and oxygen atoms in total. The van der Waals surface area contributed by atoms with Crippen LogP contribution in [0.3, 0.4) is 0 Å². The van der Waals surface area contributed by atoms with Crippen molar-refractivity contribution >= 4 is 28.1 Å². The van der Waals surface area contributed by atoms with Crippen molar-refractivity contribution in [2.45, 2.75) is 31.6 Å². The van der Waals surface area contributed by atoms with Gasteiger partial charge in [-0.25, -0.2) is 4.79 Å². The summed E-state index contributed by atoms with van der Waals surface area (Å²) < 4.78 is 5.08. The van der Waals surface area contributed by atoms with Crippen LogP contribution in [-0.2, 0) is 16.6 Å². The number of nitrogens with zero attached hydrogens (tertiary/aromatic N) is 1. The number of carbonyl (C=O) groups is 2. The van der Waals surface area contributed by atoms with E-state index in [1.807, 2.05) is 30.3 Å². The Morgan fingerprint density at radius 3 is 2.76 bits per heavy atom. The first kappa shape index (κ1) is 17.2. The lowest BCUT2D eigenvalue weighted by molar-refractivity contribution is 0.0526. The molecule has 1 atom stereocenters. The van der Waals surface area contributed by atoms with Gasteiger partial charge in [-0.1, -0.05) is 30.3 Å². The normalized spacial score (nSPS) is 19.1. The summed E-state index contributed by atoms with van der Waals surface area (Å²) in [6.07, 6.45) is 1.08. The predicted molar refractivity (Wildman–Crippen MR) is 95.7 cm³/mol. The van der Waals surface area contributed by atoms with Crippen LogP contribution in [0, 0.1) is 11.3 Å². The number of anilines is 1. The van der Waals surface area contributed by atoms with Crippen molar-refractivity contribution in [3.63, 3.8) is 0 Å². The van der Waals surface area contributed by atoms with Gasteiger partial charge in [0.15, 0.2) is 5.78 Å². The van der Waals surface area contributed by atoms with Crippen LogP contribution < -0.4 is 5.73 Å². The second kappa shape index (κ2) is 6.69. The third-order valence-corrected chi connectivity index (χ3v) is 5.72. The molecule has 1 aliphatic carbocycles. The molecule has 0 aliphatic heterocycles. The molecule has 128 valence electrons. The molecule has 0 amide bonds. The largest absolute Gasteiger partial charge is 0.462 e. The van der Waals surface area contributed by atoms with Crippen molar-refractivity contribution < 1.29 is 14.3 Å². The molecule has 1 heterocycles. The van der Waals surface area contributed by atoms with Gasteiger partial charge in [-0.2, -0.15) is 5.26 Å². The third kappa shape index (κ3) is 2.71. The fraction of sp³-hybridized carbons (Fsp3) is 0.316. The highest BCUT2D eigenvalue weighted by atomic mass is 32.1. The molecule has 0 saturated heterocycles. The Kier molecular flexibility index (Phi) is 4.60. The third-order valence-electron chi connectivity index (χ3n) is 4.66. The van der Waals surface area contributed by atoms with Crippen molar-refractivity contribution in [3.8, 4) is 6.07 Å². The zero-order chi connectivity index (χ0) is 18.0. The van der Waals surface area contributed by atoms with Crippen LogP contribution in [0.2, 0.25) is 0 Å². The average molecular weight is 354 g/mol. The summed E-state index contributed by atoms with van der Waals surface area (Å²) in [5.41, 5.74) is 6.94. The maximum atomic E-state index is 13.3. The van der Waals surface area contributed by atoms with Crippen molar-refractivity contribution in [1.29, 1.82) is 5.26 Å². The number of nitrogens with two attached hydrogens (primary N) is 1. The van der Waals surface area contributed by atoms with Crippen LogP contribution in [0.25, 0.3) is 0 Å². The van der Waals surface area contributed by atoms with E-state index >= 15 is 0 Å². The lowest BCUT2D eigenvalue weighted by Gasteiger charge is -2.34. The minimum absolute atomic E-state index is 0.0990. The van der Waals surface area contributed by atoms with E-state index in [-0.39, 0.29) is 18.8 Å². The second-order valence-corrected chi connectivity index (χ2v) is 7.03. The Bertz CT molecular complexity index is 867. The number of esters is 1. The van der Waals surface area contributed by atoms with E-state index < -0.39 is 11.4 Å². The first-order valence-corrected chi connectivity index (χ1v) is 8.92. The van der Waals surface area contributed by atoms with Crippen LogP contribution in [0.5, 0.6) is 0 Å². The molecule has 0 spiro atoms. The molecule has 2 N–H and O–H groups in total. The summed E-state index contributed by atoms with van der Waals surface area (Å²) >= 11 is 1.12. The first-order valence-electron chi connectivity index (χ1n) is 8.10. The maximum absolute atomic E-state index is 13.3. The van der Waals surface area contributed by atoms with E-state index in [1.54, 1.807) is 6.92 Å². The Morgan fingerprint density at radius 2 is 2.12 bits per heavy atom. The number of nitrogen functional groups attached to an aromatic ring is 1.